The van der Waals surface area contributed by atoms with Gasteiger partial charge in [-0.3, -0.25) is 9.20 Å². The topological polar surface area (TPSA) is 59.3 Å². The highest BCUT2D eigenvalue weighted by Crippen LogP contribution is 2.12. The second kappa shape index (κ2) is 6.60. The molecule has 118 valence electrons. The van der Waals surface area contributed by atoms with Gasteiger partial charge in [0.05, 0.1) is 6.54 Å². The number of aryl methyl sites for hydroxylation is 3. The van der Waals surface area contributed by atoms with Crippen molar-refractivity contribution in [3.63, 3.8) is 0 Å². The van der Waals surface area contributed by atoms with Crippen LogP contribution in [0.5, 0.6) is 0 Å². The molecule has 1 amide bonds. The van der Waals surface area contributed by atoms with Gasteiger partial charge in [0.2, 0.25) is 5.91 Å². The minimum Gasteiger partial charge on any atom is -0.349 e. The number of nitrogens with zero attached hydrogens (tertiary/aromatic N) is 3. The van der Waals surface area contributed by atoms with E-state index in [-0.39, 0.29) is 5.91 Å². The zero-order valence-corrected chi connectivity index (χ0v) is 13.4. The monoisotopic (exact) mass is 308 g/mol. The van der Waals surface area contributed by atoms with Gasteiger partial charge in [-0.15, -0.1) is 10.2 Å². The zero-order chi connectivity index (χ0) is 16.2. The first kappa shape index (κ1) is 15.2. The zero-order valence-electron chi connectivity index (χ0n) is 13.4. The number of pyridine rings is 1. The molecule has 2 heterocycles. The molecular formula is C18H20N4O. The molecule has 0 aliphatic rings. The number of aromatic nitrogens is 3. The van der Waals surface area contributed by atoms with Crippen molar-refractivity contribution in [2.24, 2.45) is 0 Å². The highest BCUT2D eigenvalue weighted by Gasteiger charge is 2.08. The van der Waals surface area contributed by atoms with Gasteiger partial charge < -0.3 is 5.32 Å². The lowest BCUT2D eigenvalue weighted by Crippen LogP contribution is -2.24. The maximum Gasteiger partial charge on any atom is 0.220 e. The summed E-state index contributed by atoms with van der Waals surface area (Å²) in [5.41, 5.74) is 4.49. The van der Waals surface area contributed by atoms with Crippen molar-refractivity contribution < 1.29 is 4.79 Å². The van der Waals surface area contributed by atoms with Crippen LogP contribution in [0.25, 0.3) is 5.65 Å². The van der Waals surface area contributed by atoms with Gasteiger partial charge in [-0.25, -0.2) is 0 Å². The first-order valence-electron chi connectivity index (χ1n) is 7.75. The Morgan fingerprint density at radius 3 is 2.87 bits per heavy atom. The summed E-state index contributed by atoms with van der Waals surface area (Å²) in [7, 11) is 0. The van der Waals surface area contributed by atoms with Gasteiger partial charge in [-0.1, -0.05) is 29.8 Å². The molecule has 3 rings (SSSR count). The number of hydrogen-bond acceptors (Lipinski definition) is 3. The van der Waals surface area contributed by atoms with Crippen LogP contribution in [-0.4, -0.2) is 20.5 Å². The highest BCUT2D eigenvalue weighted by molar-refractivity contribution is 5.76. The number of fused-ring (bicyclic) bond motifs is 1. The maximum atomic E-state index is 12.1. The van der Waals surface area contributed by atoms with Gasteiger partial charge >= 0.3 is 0 Å². The minimum atomic E-state index is 0.0256. The van der Waals surface area contributed by atoms with Gasteiger partial charge in [-0.2, -0.15) is 0 Å². The molecule has 1 aromatic carbocycles. The molecule has 3 aromatic rings. The van der Waals surface area contributed by atoms with E-state index in [9.17, 15) is 4.79 Å². The Morgan fingerprint density at radius 2 is 2.04 bits per heavy atom. The van der Waals surface area contributed by atoms with Gasteiger partial charge in [0.15, 0.2) is 11.5 Å². The Morgan fingerprint density at radius 1 is 1.17 bits per heavy atom. The standard InChI is InChI=1S/C18H20N4O/c1-13-6-7-15(14(2)11-13)8-9-18(23)19-12-17-21-20-16-5-3-4-10-22(16)17/h3-7,10-11H,8-9,12H2,1-2H3,(H,19,23). The highest BCUT2D eigenvalue weighted by atomic mass is 16.1. The van der Waals surface area contributed by atoms with Gasteiger partial charge in [0, 0.05) is 12.6 Å². The number of benzene rings is 1. The fourth-order valence-corrected chi connectivity index (χ4v) is 2.65. The van der Waals surface area contributed by atoms with Gasteiger partial charge in [-0.05, 0) is 43.5 Å². The van der Waals surface area contributed by atoms with Crippen LogP contribution in [0.15, 0.2) is 42.6 Å². The van der Waals surface area contributed by atoms with E-state index in [0.717, 1.165) is 17.9 Å². The molecule has 0 fully saturated rings. The Balaban J connectivity index is 1.55. The molecule has 5 nitrogen and oxygen atoms in total. The summed E-state index contributed by atoms with van der Waals surface area (Å²) < 4.78 is 1.88. The Kier molecular flexibility index (Phi) is 4.37. The second-order valence-corrected chi connectivity index (χ2v) is 5.75. The van der Waals surface area contributed by atoms with Crippen molar-refractivity contribution >= 4 is 11.6 Å². The van der Waals surface area contributed by atoms with Crippen molar-refractivity contribution in [2.75, 3.05) is 0 Å². The molecule has 0 saturated carbocycles. The normalized spacial score (nSPS) is 10.9. The first-order valence-corrected chi connectivity index (χ1v) is 7.75. The first-order chi connectivity index (χ1) is 11.1. The summed E-state index contributed by atoms with van der Waals surface area (Å²) in [5, 5.41) is 11.1. The molecule has 2 aromatic heterocycles. The van der Waals surface area contributed by atoms with E-state index < -0.39 is 0 Å². The third kappa shape index (κ3) is 3.56. The van der Waals surface area contributed by atoms with E-state index in [2.05, 4.69) is 47.6 Å². The molecule has 0 aliphatic carbocycles. The molecule has 0 unspecified atom stereocenters. The van der Waals surface area contributed by atoms with Crippen LogP contribution < -0.4 is 5.32 Å². The molecule has 5 heteroatoms. The number of hydrogen-bond donors (Lipinski definition) is 1. The fraction of sp³-hybridized carbons (Fsp3) is 0.278. The minimum absolute atomic E-state index is 0.0256. The lowest BCUT2D eigenvalue weighted by molar-refractivity contribution is -0.121. The quantitative estimate of drug-likeness (QED) is 0.788. The van der Waals surface area contributed by atoms with Crippen molar-refractivity contribution in [3.05, 3.63) is 65.1 Å². The number of carbonyl (C=O) groups is 1. The molecule has 0 atom stereocenters. The van der Waals surface area contributed by atoms with Crippen LogP contribution >= 0.6 is 0 Å². The third-order valence-corrected chi connectivity index (χ3v) is 3.95. The third-order valence-electron chi connectivity index (χ3n) is 3.95. The van der Waals surface area contributed by atoms with E-state index in [0.29, 0.717) is 13.0 Å². The summed E-state index contributed by atoms with van der Waals surface area (Å²) in [6, 6.07) is 12.1. The van der Waals surface area contributed by atoms with Crippen LogP contribution in [0.4, 0.5) is 0 Å². The van der Waals surface area contributed by atoms with E-state index in [1.807, 2.05) is 28.8 Å². The summed E-state index contributed by atoms with van der Waals surface area (Å²) in [4.78, 5) is 12.1. The molecule has 0 aliphatic heterocycles. The number of nitrogens with one attached hydrogen (secondary N) is 1. The molecule has 0 bridgehead atoms. The molecule has 0 spiro atoms. The maximum absolute atomic E-state index is 12.1. The smallest absolute Gasteiger partial charge is 0.220 e. The lowest BCUT2D eigenvalue weighted by atomic mass is 10.0. The predicted molar refractivity (Wildman–Crippen MR) is 89.1 cm³/mol. The number of carbonyl (C=O) groups excluding carboxylic acids is 1. The van der Waals surface area contributed by atoms with E-state index >= 15 is 0 Å². The average Bonchev–Trinajstić information content (AvgIpc) is 2.95. The second-order valence-electron chi connectivity index (χ2n) is 5.75. The number of rotatable bonds is 5. The summed E-state index contributed by atoms with van der Waals surface area (Å²) in [6.45, 7) is 4.55. The lowest BCUT2D eigenvalue weighted by Gasteiger charge is -2.07. The molecular weight excluding hydrogens is 288 g/mol. The van der Waals surface area contributed by atoms with Gasteiger partial charge in [0.1, 0.15) is 0 Å². The van der Waals surface area contributed by atoms with Crippen molar-refractivity contribution in [1.29, 1.82) is 0 Å². The predicted octanol–water partition coefficient (Wildman–Crippen LogP) is 2.60. The van der Waals surface area contributed by atoms with Crippen molar-refractivity contribution in [3.8, 4) is 0 Å². The Bertz CT molecular complexity index is 838. The van der Waals surface area contributed by atoms with E-state index in [4.69, 9.17) is 0 Å². The molecule has 1 N–H and O–H groups in total. The van der Waals surface area contributed by atoms with Crippen LogP contribution in [0, 0.1) is 13.8 Å². The van der Waals surface area contributed by atoms with Crippen molar-refractivity contribution in [1.82, 2.24) is 19.9 Å². The summed E-state index contributed by atoms with van der Waals surface area (Å²) in [5.74, 6) is 0.762. The van der Waals surface area contributed by atoms with Crippen LogP contribution in [0.3, 0.4) is 0 Å². The van der Waals surface area contributed by atoms with Gasteiger partial charge in [0.25, 0.3) is 0 Å². The Hall–Kier alpha value is -2.69. The molecule has 23 heavy (non-hydrogen) atoms. The van der Waals surface area contributed by atoms with Crippen LogP contribution in [0.1, 0.15) is 28.9 Å². The van der Waals surface area contributed by atoms with Crippen LogP contribution in [-0.2, 0) is 17.8 Å². The fourth-order valence-electron chi connectivity index (χ4n) is 2.65. The largest absolute Gasteiger partial charge is 0.349 e. The molecule has 0 radical (unpaired) electrons. The summed E-state index contributed by atoms with van der Waals surface area (Å²) in [6.07, 6.45) is 3.12. The average molecular weight is 308 g/mol. The van der Waals surface area contributed by atoms with E-state index in [1.54, 1.807) is 0 Å². The molecule has 0 saturated heterocycles. The van der Waals surface area contributed by atoms with E-state index in [1.165, 1.54) is 16.7 Å². The SMILES string of the molecule is Cc1ccc(CCC(=O)NCc2nnc3ccccn23)c(C)c1. The van der Waals surface area contributed by atoms with Crippen LogP contribution in [0.2, 0.25) is 0 Å². The summed E-state index contributed by atoms with van der Waals surface area (Å²) >= 11 is 0. The Labute approximate surface area is 135 Å². The van der Waals surface area contributed by atoms with Crippen molar-refractivity contribution in [2.45, 2.75) is 33.2 Å². The number of amides is 1.